The Labute approximate surface area is 197 Å². The van der Waals surface area contributed by atoms with Crippen molar-refractivity contribution in [1.82, 2.24) is 10.2 Å². The number of hydrogen-bond acceptors (Lipinski definition) is 6. The van der Waals surface area contributed by atoms with E-state index >= 15 is 0 Å². The molecule has 8 nitrogen and oxygen atoms in total. The quantitative estimate of drug-likeness (QED) is 0.545. The zero-order valence-electron chi connectivity index (χ0n) is 20.3. The summed E-state index contributed by atoms with van der Waals surface area (Å²) in [5.74, 6) is -0.861. The van der Waals surface area contributed by atoms with E-state index in [1.807, 2.05) is 45.9 Å². The molecule has 1 aromatic carbocycles. The molecule has 2 atom stereocenters. The number of carbonyl (C=O) groups is 2. The topological polar surface area (TPSA) is 103 Å². The summed E-state index contributed by atoms with van der Waals surface area (Å²) >= 11 is 0. The molecule has 2 fully saturated rings. The maximum absolute atomic E-state index is 12.9. The molecule has 0 radical (unpaired) electrons. The number of nitrogens with zero attached hydrogens (tertiary/aromatic N) is 1. The second kappa shape index (κ2) is 11.0. The Morgan fingerprint density at radius 3 is 2.30 bits per heavy atom. The molecule has 33 heavy (non-hydrogen) atoms. The molecule has 2 aliphatic rings. The zero-order valence-corrected chi connectivity index (χ0v) is 20.3. The first-order valence-electron chi connectivity index (χ1n) is 11.9. The Hall–Kier alpha value is -1.94. The maximum atomic E-state index is 12.9. The molecule has 9 heteroatoms. The van der Waals surface area contributed by atoms with Gasteiger partial charge < -0.3 is 30.0 Å². The van der Waals surface area contributed by atoms with Crippen molar-refractivity contribution >= 4 is 18.9 Å². The van der Waals surface area contributed by atoms with Crippen molar-refractivity contribution in [2.75, 3.05) is 26.3 Å². The Morgan fingerprint density at radius 1 is 1.09 bits per heavy atom. The predicted molar refractivity (Wildman–Crippen MR) is 127 cm³/mol. The van der Waals surface area contributed by atoms with Crippen molar-refractivity contribution in [2.24, 2.45) is 5.73 Å². The Morgan fingerprint density at radius 2 is 1.70 bits per heavy atom. The molecule has 2 amide bonds. The largest absolute Gasteiger partial charge is 0.481 e. The fraction of sp³-hybridized carbons (Fsp3) is 0.667. The van der Waals surface area contributed by atoms with Crippen molar-refractivity contribution in [1.29, 1.82) is 0 Å². The molecule has 0 aromatic heterocycles. The van der Waals surface area contributed by atoms with Gasteiger partial charge in [-0.2, -0.15) is 0 Å². The van der Waals surface area contributed by atoms with Gasteiger partial charge >= 0.3 is 7.12 Å². The number of nitrogens with one attached hydrogen (secondary N) is 1. The molecule has 0 saturated carbocycles. The molecule has 0 aliphatic carbocycles. The summed E-state index contributed by atoms with van der Waals surface area (Å²) in [5.41, 5.74) is 6.35. The summed E-state index contributed by atoms with van der Waals surface area (Å²) in [5, 5.41) is 3.02. The standard InChI is InChI=1S/C24H38BN3O5/c1-23(2)24(3,4)33-25(32-23)20(12-8-11-18-9-6-5-7-10-18)27-22(30)19(26)17-21(29)28-13-15-31-16-14-28/h5-7,9-10,19-20H,8,11-17,26H2,1-4H3,(H,27,30)/t19?,20-/m0/s1. The van der Waals surface area contributed by atoms with Gasteiger partial charge in [-0.1, -0.05) is 30.3 Å². The molecule has 1 unspecified atom stereocenters. The highest BCUT2D eigenvalue weighted by molar-refractivity contribution is 6.48. The van der Waals surface area contributed by atoms with E-state index in [1.165, 1.54) is 5.56 Å². The van der Waals surface area contributed by atoms with Crippen LogP contribution in [0.5, 0.6) is 0 Å². The second-order valence-corrected chi connectivity index (χ2v) is 9.92. The first kappa shape index (κ1) is 25.7. The van der Waals surface area contributed by atoms with Crippen molar-refractivity contribution < 1.29 is 23.6 Å². The molecule has 2 aliphatic heterocycles. The average Bonchev–Trinajstić information content (AvgIpc) is 3.01. The minimum absolute atomic E-state index is 0.0358. The number of hydrogen-bond donors (Lipinski definition) is 2. The number of aryl methyl sites for hydroxylation is 1. The van der Waals surface area contributed by atoms with E-state index in [4.69, 9.17) is 19.8 Å². The molecular weight excluding hydrogens is 421 g/mol. The van der Waals surface area contributed by atoms with Crippen LogP contribution in [0.2, 0.25) is 0 Å². The number of rotatable bonds is 9. The molecule has 3 rings (SSSR count). The summed E-state index contributed by atoms with van der Waals surface area (Å²) in [4.78, 5) is 27.2. The highest BCUT2D eigenvalue weighted by Gasteiger charge is 2.54. The van der Waals surface area contributed by atoms with Gasteiger partial charge in [0.25, 0.3) is 0 Å². The number of morpholine rings is 1. The van der Waals surface area contributed by atoms with Gasteiger partial charge in [-0.25, -0.2) is 0 Å². The molecule has 2 saturated heterocycles. The molecule has 3 N–H and O–H groups in total. The van der Waals surface area contributed by atoms with Gasteiger partial charge in [-0.15, -0.1) is 0 Å². The summed E-state index contributed by atoms with van der Waals surface area (Å²) < 4.78 is 17.7. The van der Waals surface area contributed by atoms with Crippen LogP contribution >= 0.6 is 0 Å². The third-order valence-electron chi connectivity index (χ3n) is 6.85. The van der Waals surface area contributed by atoms with Crippen LogP contribution in [-0.4, -0.2) is 73.3 Å². The van der Waals surface area contributed by atoms with Crippen molar-refractivity contribution in [2.45, 2.75) is 76.6 Å². The van der Waals surface area contributed by atoms with Crippen LogP contribution < -0.4 is 11.1 Å². The van der Waals surface area contributed by atoms with Crippen LogP contribution in [0.4, 0.5) is 0 Å². The predicted octanol–water partition coefficient (Wildman–Crippen LogP) is 1.70. The van der Waals surface area contributed by atoms with E-state index in [0.29, 0.717) is 32.7 Å². The van der Waals surface area contributed by atoms with Crippen LogP contribution in [0, 0.1) is 0 Å². The third kappa shape index (κ3) is 6.79. The monoisotopic (exact) mass is 459 g/mol. The van der Waals surface area contributed by atoms with E-state index in [1.54, 1.807) is 4.90 Å². The van der Waals surface area contributed by atoms with E-state index in [2.05, 4.69) is 17.4 Å². The Bertz CT molecular complexity index is 783. The number of nitrogens with two attached hydrogens (primary N) is 1. The van der Waals surface area contributed by atoms with Crippen molar-refractivity contribution in [3.8, 4) is 0 Å². The lowest BCUT2D eigenvalue weighted by atomic mass is 9.75. The zero-order chi connectivity index (χ0) is 24.1. The SMILES string of the molecule is CC1(C)OB([C@H](CCCc2ccccc2)NC(=O)C(N)CC(=O)N2CCOCC2)OC1(C)C. The smallest absolute Gasteiger partial charge is 0.402 e. The first-order valence-corrected chi connectivity index (χ1v) is 11.9. The van der Waals surface area contributed by atoms with Gasteiger partial charge in [0.2, 0.25) is 11.8 Å². The van der Waals surface area contributed by atoms with Gasteiger partial charge in [-0.05, 0) is 52.5 Å². The van der Waals surface area contributed by atoms with Gasteiger partial charge in [0.15, 0.2) is 0 Å². The Balaban J connectivity index is 1.61. The third-order valence-corrected chi connectivity index (χ3v) is 6.85. The Kier molecular flexibility index (Phi) is 8.56. The molecule has 2 heterocycles. The summed E-state index contributed by atoms with van der Waals surface area (Å²) in [6.07, 6.45) is 2.36. The molecule has 0 spiro atoms. The van der Waals surface area contributed by atoms with Crippen molar-refractivity contribution in [3.63, 3.8) is 0 Å². The van der Waals surface area contributed by atoms with Crippen molar-refractivity contribution in [3.05, 3.63) is 35.9 Å². The number of carbonyl (C=O) groups excluding carboxylic acids is 2. The lowest BCUT2D eigenvalue weighted by Gasteiger charge is -2.32. The van der Waals surface area contributed by atoms with E-state index in [0.717, 1.165) is 12.8 Å². The van der Waals surface area contributed by atoms with Crippen LogP contribution in [0.25, 0.3) is 0 Å². The van der Waals surface area contributed by atoms with Gasteiger partial charge in [-0.3, -0.25) is 9.59 Å². The molecule has 182 valence electrons. The lowest BCUT2D eigenvalue weighted by Crippen LogP contribution is -2.54. The number of amides is 2. The minimum atomic E-state index is -0.931. The van der Waals surface area contributed by atoms with Crippen LogP contribution in [0.15, 0.2) is 30.3 Å². The molecule has 0 bridgehead atoms. The van der Waals surface area contributed by atoms with Gasteiger partial charge in [0.1, 0.15) is 0 Å². The summed E-state index contributed by atoms with van der Waals surface area (Å²) in [6.45, 7) is 10.0. The summed E-state index contributed by atoms with van der Waals surface area (Å²) in [6, 6.07) is 9.29. The maximum Gasteiger partial charge on any atom is 0.481 e. The fourth-order valence-electron chi connectivity index (χ4n) is 4.01. The molecular formula is C24H38BN3O5. The average molecular weight is 459 g/mol. The van der Waals surface area contributed by atoms with E-state index in [-0.39, 0.29) is 24.2 Å². The second-order valence-electron chi connectivity index (χ2n) is 9.92. The first-order chi connectivity index (χ1) is 15.6. The number of benzene rings is 1. The fourth-order valence-corrected chi connectivity index (χ4v) is 4.01. The highest BCUT2D eigenvalue weighted by Crippen LogP contribution is 2.38. The highest BCUT2D eigenvalue weighted by atomic mass is 16.7. The minimum Gasteiger partial charge on any atom is -0.402 e. The van der Waals surface area contributed by atoms with Crippen LogP contribution in [0.3, 0.4) is 0 Å². The van der Waals surface area contributed by atoms with Gasteiger partial charge in [0.05, 0.1) is 42.8 Å². The summed E-state index contributed by atoms with van der Waals surface area (Å²) in [7, 11) is -0.586. The lowest BCUT2D eigenvalue weighted by molar-refractivity contribution is -0.137. The van der Waals surface area contributed by atoms with Gasteiger partial charge in [0, 0.05) is 13.1 Å². The molecule has 1 aromatic rings. The van der Waals surface area contributed by atoms with E-state index in [9.17, 15) is 9.59 Å². The normalized spacial score (nSPS) is 21.5. The van der Waals surface area contributed by atoms with Crippen LogP contribution in [-0.2, 0) is 30.1 Å². The van der Waals surface area contributed by atoms with Crippen LogP contribution in [0.1, 0.15) is 52.5 Å². The van der Waals surface area contributed by atoms with E-state index < -0.39 is 24.4 Å². The number of ether oxygens (including phenoxy) is 1.